The maximum atomic E-state index is 12.1. The van der Waals surface area contributed by atoms with Crippen molar-refractivity contribution in [2.45, 2.75) is 39.7 Å². The summed E-state index contributed by atoms with van der Waals surface area (Å²) in [4.78, 5) is 15.4. The van der Waals surface area contributed by atoms with Crippen molar-refractivity contribution in [3.05, 3.63) is 35.0 Å². The van der Waals surface area contributed by atoms with E-state index in [0.717, 1.165) is 16.6 Å². The van der Waals surface area contributed by atoms with Gasteiger partial charge in [0.1, 0.15) is 0 Å². The van der Waals surface area contributed by atoms with E-state index in [1.165, 1.54) is 5.56 Å². The van der Waals surface area contributed by atoms with Crippen molar-refractivity contribution < 1.29 is 9.90 Å². The molecule has 20 heavy (non-hydrogen) atoms. The molecule has 0 aliphatic heterocycles. The first kappa shape index (κ1) is 14.6. The molecule has 0 radical (unpaired) electrons. The smallest absolute Gasteiger partial charge is 0.251 e. The first-order chi connectivity index (χ1) is 9.52. The standard InChI is InChI=1S/C16H22N2O2/c1-4-13(19)7-8-17-16(20)12-5-6-15-14(9-12)10(2)11(3)18-15/h5-6,9,13,18-19H,4,7-8H2,1-3H3,(H,17,20). The second kappa shape index (κ2) is 6.09. The second-order valence-corrected chi connectivity index (χ2v) is 5.24. The largest absolute Gasteiger partial charge is 0.393 e. The third-order valence-corrected chi connectivity index (χ3v) is 3.80. The highest BCUT2D eigenvalue weighted by Gasteiger charge is 2.10. The number of benzene rings is 1. The fourth-order valence-electron chi connectivity index (χ4n) is 2.26. The van der Waals surface area contributed by atoms with Crippen molar-refractivity contribution in [2.24, 2.45) is 0 Å². The molecule has 1 unspecified atom stereocenters. The third-order valence-electron chi connectivity index (χ3n) is 3.80. The molecule has 2 aromatic rings. The monoisotopic (exact) mass is 274 g/mol. The van der Waals surface area contributed by atoms with E-state index in [-0.39, 0.29) is 12.0 Å². The summed E-state index contributed by atoms with van der Waals surface area (Å²) in [7, 11) is 0. The minimum absolute atomic E-state index is 0.0894. The Hall–Kier alpha value is -1.81. The molecule has 1 aromatic heterocycles. The molecule has 4 nitrogen and oxygen atoms in total. The third kappa shape index (κ3) is 3.02. The van der Waals surface area contributed by atoms with Crippen molar-refractivity contribution in [3.8, 4) is 0 Å². The zero-order chi connectivity index (χ0) is 14.7. The molecule has 0 aliphatic carbocycles. The van der Waals surface area contributed by atoms with Crippen LogP contribution in [0.15, 0.2) is 18.2 Å². The van der Waals surface area contributed by atoms with Gasteiger partial charge in [0.15, 0.2) is 0 Å². The van der Waals surface area contributed by atoms with Gasteiger partial charge in [-0.05, 0) is 50.5 Å². The Kier molecular flexibility index (Phi) is 4.45. The predicted molar refractivity (Wildman–Crippen MR) is 81.0 cm³/mol. The molecular weight excluding hydrogens is 252 g/mol. The molecule has 0 saturated heterocycles. The molecule has 1 amide bonds. The van der Waals surface area contributed by atoms with E-state index in [1.54, 1.807) is 0 Å². The summed E-state index contributed by atoms with van der Waals surface area (Å²) < 4.78 is 0. The van der Waals surface area contributed by atoms with Gasteiger partial charge in [0.2, 0.25) is 0 Å². The van der Waals surface area contributed by atoms with Gasteiger partial charge in [-0.1, -0.05) is 6.92 Å². The average Bonchev–Trinajstić information content (AvgIpc) is 2.73. The van der Waals surface area contributed by atoms with Gasteiger partial charge in [0.25, 0.3) is 5.91 Å². The Morgan fingerprint density at radius 1 is 1.40 bits per heavy atom. The van der Waals surface area contributed by atoms with Crippen LogP contribution in [0.3, 0.4) is 0 Å². The molecule has 0 bridgehead atoms. The number of hydrogen-bond acceptors (Lipinski definition) is 2. The van der Waals surface area contributed by atoms with Gasteiger partial charge in [-0.2, -0.15) is 0 Å². The highest BCUT2D eigenvalue weighted by molar-refractivity contribution is 5.99. The number of carbonyl (C=O) groups is 1. The van der Waals surface area contributed by atoms with Gasteiger partial charge >= 0.3 is 0 Å². The number of fused-ring (bicyclic) bond motifs is 1. The van der Waals surface area contributed by atoms with Crippen molar-refractivity contribution in [1.82, 2.24) is 10.3 Å². The van der Waals surface area contributed by atoms with Gasteiger partial charge in [0.05, 0.1) is 6.10 Å². The van der Waals surface area contributed by atoms with Crippen LogP contribution in [0.25, 0.3) is 10.9 Å². The van der Waals surface area contributed by atoms with Crippen LogP contribution in [-0.4, -0.2) is 28.6 Å². The number of rotatable bonds is 5. The number of carbonyl (C=O) groups excluding carboxylic acids is 1. The Labute approximate surface area is 119 Å². The molecular formula is C16H22N2O2. The molecule has 1 atom stereocenters. The Balaban J connectivity index is 2.08. The van der Waals surface area contributed by atoms with Gasteiger partial charge in [-0.25, -0.2) is 0 Å². The zero-order valence-corrected chi connectivity index (χ0v) is 12.3. The second-order valence-electron chi connectivity index (χ2n) is 5.24. The Bertz CT molecular complexity index is 616. The van der Waals surface area contributed by atoms with Gasteiger partial charge in [-0.3, -0.25) is 4.79 Å². The van der Waals surface area contributed by atoms with Crippen LogP contribution in [0.4, 0.5) is 0 Å². The number of hydrogen-bond donors (Lipinski definition) is 3. The lowest BCUT2D eigenvalue weighted by atomic mass is 10.1. The van der Waals surface area contributed by atoms with Crippen LogP contribution < -0.4 is 5.32 Å². The minimum atomic E-state index is -0.340. The van der Waals surface area contributed by atoms with E-state index >= 15 is 0 Å². The number of aliphatic hydroxyl groups is 1. The quantitative estimate of drug-likeness (QED) is 0.785. The lowest BCUT2D eigenvalue weighted by Crippen LogP contribution is -2.26. The highest BCUT2D eigenvalue weighted by Crippen LogP contribution is 2.22. The number of aliphatic hydroxyl groups excluding tert-OH is 1. The lowest BCUT2D eigenvalue weighted by molar-refractivity contribution is 0.0942. The number of aromatic nitrogens is 1. The maximum Gasteiger partial charge on any atom is 0.251 e. The average molecular weight is 274 g/mol. The fourth-order valence-corrected chi connectivity index (χ4v) is 2.26. The van der Waals surface area contributed by atoms with Crippen molar-refractivity contribution >= 4 is 16.8 Å². The molecule has 2 rings (SSSR count). The van der Waals surface area contributed by atoms with Gasteiger partial charge in [0, 0.05) is 28.7 Å². The summed E-state index contributed by atoms with van der Waals surface area (Å²) >= 11 is 0. The highest BCUT2D eigenvalue weighted by atomic mass is 16.3. The Morgan fingerprint density at radius 3 is 2.85 bits per heavy atom. The van der Waals surface area contributed by atoms with Gasteiger partial charge in [-0.15, -0.1) is 0 Å². The van der Waals surface area contributed by atoms with Gasteiger partial charge < -0.3 is 15.4 Å². The van der Waals surface area contributed by atoms with E-state index in [2.05, 4.69) is 10.3 Å². The van der Waals surface area contributed by atoms with E-state index < -0.39 is 0 Å². The molecule has 0 saturated carbocycles. The van der Waals surface area contributed by atoms with E-state index in [1.807, 2.05) is 39.0 Å². The summed E-state index contributed by atoms with van der Waals surface area (Å²) in [6, 6.07) is 5.67. The fraction of sp³-hybridized carbons (Fsp3) is 0.438. The maximum absolute atomic E-state index is 12.1. The van der Waals surface area contributed by atoms with E-state index in [9.17, 15) is 9.90 Å². The number of amides is 1. The number of aromatic amines is 1. The van der Waals surface area contributed by atoms with Crippen LogP contribution in [0.1, 0.15) is 41.4 Å². The topological polar surface area (TPSA) is 65.1 Å². The number of nitrogens with one attached hydrogen (secondary N) is 2. The van der Waals surface area contributed by atoms with E-state index in [0.29, 0.717) is 24.9 Å². The molecule has 108 valence electrons. The van der Waals surface area contributed by atoms with Crippen LogP contribution in [0.2, 0.25) is 0 Å². The van der Waals surface area contributed by atoms with Crippen molar-refractivity contribution in [1.29, 1.82) is 0 Å². The number of H-pyrrole nitrogens is 1. The molecule has 0 spiro atoms. The summed E-state index contributed by atoms with van der Waals surface area (Å²) in [5.41, 5.74) is 4.02. The summed E-state index contributed by atoms with van der Waals surface area (Å²) in [6.45, 7) is 6.50. The normalized spacial score (nSPS) is 12.6. The van der Waals surface area contributed by atoms with Crippen molar-refractivity contribution in [2.75, 3.05) is 6.54 Å². The molecule has 0 aliphatic rings. The summed E-state index contributed by atoms with van der Waals surface area (Å²) in [6.07, 6.45) is 0.962. The SMILES string of the molecule is CCC(O)CCNC(=O)c1ccc2[nH]c(C)c(C)c2c1. The molecule has 4 heteroatoms. The molecule has 1 heterocycles. The van der Waals surface area contributed by atoms with Crippen molar-refractivity contribution in [3.63, 3.8) is 0 Å². The van der Waals surface area contributed by atoms with Crippen LogP contribution in [0.5, 0.6) is 0 Å². The Morgan fingerprint density at radius 2 is 2.15 bits per heavy atom. The zero-order valence-electron chi connectivity index (χ0n) is 12.3. The summed E-state index contributed by atoms with van der Waals surface area (Å²) in [5.74, 6) is -0.0894. The minimum Gasteiger partial charge on any atom is -0.393 e. The van der Waals surface area contributed by atoms with Crippen LogP contribution >= 0.6 is 0 Å². The lowest BCUT2D eigenvalue weighted by Gasteiger charge is -2.09. The first-order valence-corrected chi connectivity index (χ1v) is 7.08. The molecule has 1 aromatic carbocycles. The molecule has 0 fully saturated rings. The predicted octanol–water partition coefficient (Wildman–Crippen LogP) is 2.68. The number of aryl methyl sites for hydroxylation is 2. The first-order valence-electron chi connectivity index (χ1n) is 7.08. The van der Waals surface area contributed by atoms with Crippen LogP contribution in [-0.2, 0) is 0 Å². The summed E-state index contributed by atoms with van der Waals surface area (Å²) in [5, 5.41) is 13.4. The molecule has 3 N–H and O–H groups in total. The van der Waals surface area contributed by atoms with E-state index in [4.69, 9.17) is 0 Å². The van der Waals surface area contributed by atoms with Crippen LogP contribution in [0, 0.1) is 13.8 Å².